The number of hydrogen-bond donors (Lipinski definition) is 0. The van der Waals surface area contributed by atoms with E-state index in [9.17, 15) is 5.26 Å². The first-order valence-corrected chi connectivity index (χ1v) is 15.2. The van der Waals surface area contributed by atoms with Crippen LogP contribution in [0, 0.1) is 25.2 Å². The van der Waals surface area contributed by atoms with Gasteiger partial charge in [0, 0.05) is 41.7 Å². The zero-order chi connectivity index (χ0) is 28.8. The Kier molecular flexibility index (Phi) is 4.97. The summed E-state index contributed by atoms with van der Waals surface area (Å²) in [4.78, 5) is 0. The molecule has 0 unspecified atom stereocenters. The van der Waals surface area contributed by atoms with E-state index in [-0.39, 0.29) is 0 Å². The molecular formula is C39H24N2OS. The standard InChI is InChI=1S/C39H24N2OS/c1-22-10-13-33-29(16-22)30-17-23(2)11-14-34(30)41(33)35-8-5-7-28-32-20-25(18-26(21-40)38(32)42-39(28)35)24-12-15-37-31(19-24)27-6-3-4-9-36(27)43-37/h3-20H,1-2H3. The molecule has 0 N–H and O–H groups in total. The van der Waals surface area contributed by atoms with E-state index < -0.39 is 0 Å². The molecule has 43 heavy (non-hydrogen) atoms. The molecule has 3 aromatic heterocycles. The van der Waals surface area contributed by atoms with E-state index in [4.69, 9.17) is 4.42 Å². The first kappa shape index (κ1) is 24.2. The molecule has 6 aromatic carbocycles. The van der Waals surface area contributed by atoms with Gasteiger partial charge in [-0.2, -0.15) is 5.26 Å². The van der Waals surface area contributed by atoms with Crippen LogP contribution in [0.5, 0.6) is 0 Å². The fourth-order valence-electron chi connectivity index (χ4n) is 6.73. The molecule has 9 rings (SSSR count). The molecule has 3 nitrogen and oxygen atoms in total. The summed E-state index contributed by atoms with van der Waals surface area (Å²) in [7, 11) is 0. The number of furan rings is 1. The third kappa shape index (κ3) is 3.46. The van der Waals surface area contributed by atoms with Crippen LogP contribution in [0.15, 0.2) is 114 Å². The number of thiophene rings is 1. The number of aromatic nitrogens is 1. The number of nitriles is 1. The number of para-hydroxylation sites is 1. The lowest BCUT2D eigenvalue weighted by atomic mass is 9.98. The van der Waals surface area contributed by atoms with Gasteiger partial charge < -0.3 is 8.98 Å². The predicted octanol–water partition coefficient (Wildman–Crippen LogP) is 11.2. The maximum absolute atomic E-state index is 10.3. The van der Waals surface area contributed by atoms with Gasteiger partial charge in [0.05, 0.1) is 22.3 Å². The molecule has 0 aliphatic carbocycles. The molecule has 9 aromatic rings. The molecule has 0 aliphatic heterocycles. The number of fused-ring (bicyclic) bond motifs is 9. The van der Waals surface area contributed by atoms with Crippen molar-refractivity contribution < 1.29 is 4.42 Å². The Labute approximate surface area is 251 Å². The number of rotatable bonds is 2. The van der Waals surface area contributed by atoms with Gasteiger partial charge in [0.1, 0.15) is 6.07 Å². The third-order valence-electron chi connectivity index (χ3n) is 8.72. The Morgan fingerprint density at radius 3 is 2.05 bits per heavy atom. The number of nitrogens with zero attached hydrogens (tertiary/aromatic N) is 2. The average molecular weight is 569 g/mol. The van der Waals surface area contributed by atoms with Crippen LogP contribution in [0.1, 0.15) is 16.7 Å². The number of aryl methyl sites for hydroxylation is 2. The van der Waals surface area contributed by atoms with Gasteiger partial charge in [0.25, 0.3) is 0 Å². The van der Waals surface area contributed by atoms with Gasteiger partial charge in [0.15, 0.2) is 11.2 Å². The molecule has 0 aliphatic rings. The van der Waals surface area contributed by atoms with Crippen molar-refractivity contribution in [2.24, 2.45) is 0 Å². The molecule has 0 spiro atoms. The van der Waals surface area contributed by atoms with Crippen LogP contribution < -0.4 is 0 Å². The van der Waals surface area contributed by atoms with Crippen molar-refractivity contribution in [2.75, 3.05) is 0 Å². The van der Waals surface area contributed by atoms with Crippen molar-refractivity contribution in [3.05, 3.63) is 126 Å². The fraction of sp³-hybridized carbons (Fsp3) is 0.0513. The predicted molar refractivity (Wildman–Crippen MR) is 181 cm³/mol. The maximum Gasteiger partial charge on any atom is 0.159 e. The molecule has 4 heteroatoms. The van der Waals surface area contributed by atoms with Crippen LogP contribution in [0.4, 0.5) is 0 Å². The highest BCUT2D eigenvalue weighted by Crippen LogP contribution is 2.42. The normalized spacial score (nSPS) is 11.9. The Balaban J connectivity index is 1.32. The first-order chi connectivity index (χ1) is 21.1. The lowest BCUT2D eigenvalue weighted by Crippen LogP contribution is -1.94. The second kappa shape index (κ2) is 8.82. The zero-order valence-corrected chi connectivity index (χ0v) is 24.4. The van der Waals surface area contributed by atoms with Crippen molar-refractivity contribution in [1.82, 2.24) is 4.57 Å². The molecule has 0 radical (unpaired) electrons. The van der Waals surface area contributed by atoms with Crippen LogP contribution in [-0.4, -0.2) is 4.57 Å². The Morgan fingerprint density at radius 2 is 1.28 bits per heavy atom. The number of benzene rings is 6. The van der Waals surface area contributed by atoms with Crippen LogP contribution in [-0.2, 0) is 0 Å². The van der Waals surface area contributed by atoms with Gasteiger partial charge in [0.2, 0.25) is 0 Å². The van der Waals surface area contributed by atoms with Crippen LogP contribution >= 0.6 is 11.3 Å². The summed E-state index contributed by atoms with van der Waals surface area (Å²) in [5.74, 6) is 0. The second-order valence-electron chi connectivity index (χ2n) is 11.5. The summed E-state index contributed by atoms with van der Waals surface area (Å²) in [6, 6.07) is 41.3. The zero-order valence-electron chi connectivity index (χ0n) is 23.6. The highest BCUT2D eigenvalue weighted by atomic mass is 32.1. The first-order valence-electron chi connectivity index (χ1n) is 14.4. The molecule has 0 saturated heterocycles. The van der Waals surface area contributed by atoms with Gasteiger partial charge in [-0.15, -0.1) is 11.3 Å². The van der Waals surface area contributed by atoms with E-state index in [0.29, 0.717) is 11.1 Å². The van der Waals surface area contributed by atoms with Crippen LogP contribution in [0.25, 0.3) is 80.7 Å². The Bertz CT molecular complexity index is 2600. The largest absolute Gasteiger partial charge is 0.452 e. The maximum atomic E-state index is 10.3. The van der Waals surface area contributed by atoms with E-state index >= 15 is 0 Å². The molecule has 0 bridgehead atoms. The quantitative estimate of drug-likeness (QED) is 0.208. The topological polar surface area (TPSA) is 41.9 Å². The minimum atomic E-state index is 0.540. The average Bonchev–Trinajstić information content (AvgIpc) is 3.69. The summed E-state index contributed by atoms with van der Waals surface area (Å²) < 4.78 is 11.5. The molecule has 3 heterocycles. The molecule has 0 atom stereocenters. The highest BCUT2D eigenvalue weighted by Gasteiger charge is 2.20. The SMILES string of the molecule is Cc1ccc2c(c1)c1cc(C)ccc1n2-c1cccc2c1oc1c(C#N)cc(-c3ccc4sc5ccccc5c4c3)cc12. The summed E-state index contributed by atoms with van der Waals surface area (Å²) in [6.07, 6.45) is 0. The van der Waals surface area contributed by atoms with E-state index in [2.05, 4.69) is 128 Å². The van der Waals surface area contributed by atoms with Crippen molar-refractivity contribution >= 4 is 75.3 Å². The Hall–Kier alpha value is -5.37. The van der Waals surface area contributed by atoms with Crippen molar-refractivity contribution in [1.29, 1.82) is 5.26 Å². The van der Waals surface area contributed by atoms with Gasteiger partial charge >= 0.3 is 0 Å². The monoisotopic (exact) mass is 568 g/mol. The van der Waals surface area contributed by atoms with Crippen LogP contribution in [0.3, 0.4) is 0 Å². The van der Waals surface area contributed by atoms with Gasteiger partial charge in [-0.1, -0.05) is 59.7 Å². The number of hydrogen-bond acceptors (Lipinski definition) is 3. The van der Waals surface area contributed by atoms with Crippen LogP contribution in [0.2, 0.25) is 0 Å². The lowest BCUT2D eigenvalue weighted by Gasteiger charge is -2.08. The summed E-state index contributed by atoms with van der Waals surface area (Å²) in [6.45, 7) is 4.27. The van der Waals surface area contributed by atoms with Gasteiger partial charge in [-0.25, -0.2) is 0 Å². The summed E-state index contributed by atoms with van der Waals surface area (Å²) in [5.41, 5.74) is 9.76. The Morgan fingerprint density at radius 1 is 0.581 bits per heavy atom. The highest BCUT2D eigenvalue weighted by molar-refractivity contribution is 7.25. The molecule has 0 fully saturated rings. The molecular weight excluding hydrogens is 545 g/mol. The van der Waals surface area contributed by atoms with E-state index in [1.54, 1.807) is 0 Å². The smallest absolute Gasteiger partial charge is 0.159 e. The minimum absolute atomic E-state index is 0.540. The van der Waals surface area contributed by atoms with E-state index in [1.165, 1.54) is 42.1 Å². The molecule has 202 valence electrons. The molecule has 0 amide bonds. The summed E-state index contributed by atoms with van der Waals surface area (Å²) >= 11 is 1.81. The van der Waals surface area contributed by atoms with Crippen molar-refractivity contribution in [3.63, 3.8) is 0 Å². The molecule has 0 saturated carbocycles. The van der Waals surface area contributed by atoms with E-state index in [0.717, 1.165) is 44.2 Å². The second-order valence-corrected chi connectivity index (χ2v) is 12.5. The fourth-order valence-corrected chi connectivity index (χ4v) is 7.81. The lowest BCUT2D eigenvalue weighted by molar-refractivity contribution is 0.665. The van der Waals surface area contributed by atoms with Gasteiger partial charge in [-0.3, -0.25) is 0 Å². The van der Waals surface area contributed by atoms with E-state index in [1.807, 2.05) is 17.4 Å². The third-order valence-corrected chi connectivity index (χ3v) is 9.88. The summed E-state index contributed by atoms with van der Waals surface area (Å²) in [5, 5.41) is 17.2. The minimum Gasteiger partial charge on any atom is -0.452 e. The van der Waals surface area contributed by atoms with Crippen molar-refractivity contribution in [2.45, 2.75) is 13.8 Å². The van der Waals surface area contributed by atoms with Crippen molar-refractivity contribution in [3.8, 4) is 22.9 Å². The van der Waals surface area contributed by atoms with Gasteiger partial charge in [-0.05, 0) is 85.6 Å².